The van der Waals surface area contributed by atoms with Crippen molar-refractivity contribution in [2.24, 2.45) is 10.7 Å². The third kappa shape index (κ3) is 7.39. The minimum atomic E-state index is -3.15. The van der Waals surface area contributed by atoms with Gasteiger partial charge in [0, 0.05) is 23.1 Å². The van der Waals surface area contributed by atoms with E-state index in [1.165, 1.54) is 0 Å². The van der Waals surface area contributed by atoms with Crippen LogP contribution in [0.5, 0.6) is 0 Å². The lowest BCUT2D eigenvalue weighted by molar-refractivity contribution is 0.581. The molecule has 0 aliphatic heterocycles. The van der Waals surface area contributed by atoms with E-state index in [9.17, 15) is 8.42 Å². The fraction of sp³-hybridized carbons (Fsp3) is 0.500. The zero-order valence-corrected chi connectivity index (χ0v) is 15.5. The van der Waals surface area contributed by atoms with Gasteiger partial charge in [-0.15, -0.1) is 0 Å². The molecule has 1 rings (SSSR count). The molecule has 6 nitrogen and oxygen atoms in total. The summed E-state index contributed by atoms with van der Waals surface area (Å²) in [6.07, 6.45) is 0.567. The van der Waals surface area contributed by atoms with Crippen molar-refractivity contribution in [1.29, 1.82) is 0 Å². The third-order valence-corrected chi connectivity index (χ3v) is 5.08. The van der Waals surface area contributed by atoms with Gasteiger partial charge in [-0.2, -0.15) is 0 Å². The van der Waals surface area contributed by atoms with Crippen LogP contribution < -0.4 is 15.8 Å². The van der Waals surface area contributed by atoms with Gasteiger partial charge < -0.3 is 11.1 Å². The summed E-state index contributed by atoms with van der Waals surface area (Å²) in [7, 11) is -3.15. The average Bonchev–Trinajstić information content (AvgIpc) is 2.46. The lowest BCUT2D eigenvalue weighted by Crippen LogP contribution is -2.34. The number of sulfonamides is 1. The highest BCUT2D eigenvalue weighted by Crippen LogP contribution is 2.25. The third-order valence-electron chi connectivity index (χ3n) is 3.11. The van der Waals surface area contributed by atoms with E-state index in [0.717, 1.165) is 5.56 Å². The van der Waals surface area contributed by atoms with Crippen molar-refractivity contribution in [3.05, 3.63) is 33.8 Å². The number of nitrogens with one attached hydrogen (secondary N) is 2. The molecule has 0 radical (unpaired) electrons. The lowest BCUT2D eigenvalue weighted by Gasteiger charge is -2.16. The Morgan fingerprint density at radius 3 is 2.70 bits per heavy atom. The number of nitrogens with zero attached hydrogens (tertiary/aromatic N) is 1. The zero-order chi connectivity index (χ0) is 17.5. The van der Waals surface area contributed by atoms with Crippen LogP contribution in [0.25, 0.3) is 0 Å². The van der Waals surface area contributed by atoms with Crippen molar-refractivity contribution in [3.63, 3.8) is 0 Å². The Morgan fingerprint density at radius 1 is 1.39 bits per heavy atom. The fourth-order valence-electron chi connectivity index (χ4n) is 1.81. The Kier molecular flexibility index (Phi) is 8.11. The second-order valence-electron chi connectivity index (χ2n) is 4.95. The second kappa shape index (κ2) is 9.32. The van der Waals surface area contributed by atoms with Gasteiger partial charge in [0.2, 0.25) is 10.0 Å². The van der Waals surface area contributed by atoms with Gasteiger partial charge in [-0.3, -0.25) is 4.99 Å². The SMILES string of the molecule is CCS(=O)(=O)NCCCN=C(N)NC(C)c1ccc(Cl)cc1Cl. The van der Waals surface area contributed by atoms with E-state index >= 15 is 0 Å². The molecule has 0 aliphatic carbocycles. The van der Waals surface area contributed by atoms with Crippen LogP contribution in [-0.2, 0) is 10.0 Å². The van der Waals surface area contributed by atoms with Crippen LogP contribution >= 0.6 is 23.2 Å². The Hall–Kier alpha value is -1.02. The monoisotopic (exact) mass is 380 g/mol. The van der Waals surface area contributed by atoms with Gasteiger partial charge in [-0.1, -0.05) is 29.3 Å². The molecule has 130 valence electrons. The molecular formula is C14H22Cl2N4O2S. The topological polar surface area (TPSA) is 96.6 Å². The first-order chi connectivity index (χ1) is 10.7. The van der Waals surface area contributed by atoms with E-state index in [2.05, 4.69) is 15.0 Å². The van der Waals surface area contributed by atoms with Gasteiger partial charge in [0.15, 0.2) is 5.96 Å². The summed E-state index contributed by atoms with van der Waals surface area (Å²) < 4.78 is 25.0. The number of guanidine groups is 1. The van der Waals surface area contributed by atoms with Gasteiger partial charge in [0.1, 0.15) is 0 Å². The minimum Gasteiger partial charge on any atom is -0.370 e. The highest BCUT2D eigenvalue weighted by atomic mass is 35.5. The van der Waals surface area contributed by atoms with Gasteiger partial charge in [0.25, 0.3) is 0 Å². The Balaban J connectivity index is 2.44. The molecule has 0 bridgehead atoms. The molecule has 0 amide bonds. The summed E-state index contributed by atoms with van der Waals surface area (Å²) in [6.45, 7) is 4.26. The molecule has 1 unspecified atom stereocenters. The Bertz CT molecular complexity index is 650. The summed E-state index contributed by atoms with van der Waals surface area (Å²) in [4.78, 5) is 4.16. The summed E-state index contributed by atoms with van der Waals surface area (Å²) >= 11 is 12.0. The van der Waals surface area contributed by atoms with Crippen molar-refractivity contribution in [1.82, 2.24) is 10.0 Å². The number of hydrogen-bond acceptors (Lipinski definition) is 3. The second-order valence-corrected chi connectivity index (χ2v) is 7.89. The molecule has 1 atom stereocenters. The van der Waals surface area contributed by atoms with Gasteiger partial charge in [-0.25, -0.2) is 13.1 Å². The number of aliphatic imine (C=N–C) groups is 1. The molecule has 0 heterocycles. The first kappa shape index (κ1) is 20.0. The van der Waals surface area contributed by atoms with Crippen molar-refractivity contribution in [2.75, 3.05) is 18.8 Å². The van der Waals surface area contributed by atoms with E-state index in [0.29, 0.717) is 29.6 Å². The van der Waals surface area contributed by atoms with E-state index in [4.69, 9.17) is 28.9 Å². The molecule has 0 fully saturated rings. The van der Waals surface area contributed by atoms with Gasteiger partial charge in [-0.05, 0) is 38.0 Å². The molecule has 0 saturated heterocycles. The highest BCUT2D eigenvalue weighted by molar-refractivity contribution is 7.89. The van der Waals surface area contributed by atoms with Crippen molar-refractivity contribution >= 4 is 39.2 Å². The predicted molar refractivity (Wildman–Crippen MR) is 96.6 cm³/mol. The van der Waals surface area contributed by atoms with E-state index < -0.39 is 10.0 Å². The van der Waals surface area contributed by atoms with E-state index in [-0.39, 0.29) is 17.8 Å². The molecule has 9 heteroatoms. The van der Waals surface area contributed by atoms with Crippen LogP contribution in [-0.4, -0.2) is 33.2 Å². The average molecular weight is 381 g/mol. The zero-order valence-electron chi connectivity index (χ0n) is 13.1. The number of nitrogens with two attached hydrogens (primary N) is 1. The van der Waals surface area contributed by atoms with Crippen LogP contribution in [0.2, 0.25) is 10.0 Å². The van der Waals surface area contributed by atoms with Crippen LogP contribution in [0.15, 0.2) is 23.2 Å². The molecule has 4 N–H and O–H groups in total. The fourth-order valence-corrected chi connectivity index (χ4v) is 3.04. The van der Waals surface area contributed by atoms with E-state index in [1.807, 2.05) is 13.0 Å². The molecule has 0 saturated carbocycles. The molecule has 1 aromatic rings. The van der Waals surface area contributed by atoms with Crippen molar-refractivity contribution in [3.8, 4) is 0 Å². The normalized spacial score (nSPS) is 13.8. The minimum absolute atomic E-state index is 0.0688. The molecule has 0 aliphatic rings. The molecule has 0 aromatic heterocycles. The number of rotatable bonds is 8. The molecule has 23 heavy (non-hydrogen) atoms. The largest absolute Gasteiger partial charge is 0.370 e. The Labute approximate surface area is 147 Å². The maximum absolute atomic E-state index is 11.2. The summed E-state index contributed by atoms with van der Waals surface area (Å²) in [5, 5.41) is 4.16. The molecular weight excluding hydrogens is 359 g/mol. The van der Waals surface area contributed by atoms with Crippen LogP contribution in [0.4, 0.5) is 0 Å². The van der Waals surface area contributed by atoms with Crippen molar-refractivity contribution in [2.45, 2.75) is 26.3 Å². The first-order valence-electron chi connectivity index (χ1n) is 7.24. The van der Waals surface area contributed by atoms with Crippen LogP contribution in [0, 0.1) is 0 Å². The molecule has 1 aromatic carbocycles. The van der Waals surface area contributed by atoms with Crippen LogP contribution in [0.1, 0.15) is 31.9 Å². The standard InChI is InChI=1S/C14H22Cl2N4O2S/c1-3-23(21,22)19-8-4-7-18-14(17)20-10(2)12-6-5-11(15)9-13(12)16/h5-6,9-10,19H,3-4,7-8H2,1-2H3,(H3,17,18,20). The predicted octanol–water partition coefficient (Wildman–Crippen LogP) is 2.29. The quantitative estimate of drug-likeness (QED) is 0.366. The summed E-state index contributed by atoms with van der Waals surface area (Å²) in [6, 6.07) is 5.13. The number of hydrogen-bond donors (Lipinski definition) is 3. The smallest absolute Gasteiger partial charge is 0.211 e. The summed E-state index contributed by atoms with van der Waals surface area (Å²) in [5.41, 5.74) is 6.68. The summed E-state index contributed by atoms with van der Waals surface area (Å²) in [5.74, 6) is 0.348. The van der Waals surface area contributed by atoms with Gasteiger partial charge >= 0.3 is 0 Å². The van der Waals surface area contributed by atoms with Gasteiger partial charge in [0.05, 0.1) is 11.8 Å². The number of halogens is 2. The Morgan fingerprint density at radius 2 is 2.09 bits per heavy atom. The van der Waals surface area contributed by atoms with Crippen LogP contribution in [0.3, 0.4) is 0 Å². The maximum Gasteiger partial charge on any atom is 0.211 e. The van der Waals surface area contributed by atoms with Crippen molar-refractivity contribution < 1.29 is 8.42 Å². The molecule has 0 spiro atoms. The lowest BCUT2D eigenvalue weighted by atomic mass is 10.1. The maximum atomic E-state index is 11.2. The van der Waals surface area contributed by atoms with E-state index in [1.54, 1.807) is 19.1 Å². The first-order valence-corrected chi connectivity index (χ1v) is 9.64. The highest BCUT2D eigenvalue weighted by Gasteiger charge is 2.10. The number of benzene rings is 1.